The van der Waals surface area contributed by atoms with Gasteiger partial charge in [-0.1, -0.05) is 0 Å². The van der Waals surface area contributed by atoms with Crippen LogP contribution < -0.4 is 16.0 Å². The zero-order valence-electron chi connectivity index (χ0n) is 16.2. The molecule has 0 radical (unpaired) electrons. The normalized spacial score (nSPS) is 17.2. The summed E-state index contributed by atoms with van der Waals surface area (Å²) in [5.41, 5.74) is -5.28. The van der Waals surface area contributed by atoms with E-state index in [1.165, 1.54) is 0 Å². The van der Waals surface area contributed by atoms with Gasteiger partial charge in [-0.2, -0.15) is 17.5 Å². The summed E-state index contributed by atoms with van der Waals surface area (Å²) in [6.45, 7) is 5.99. The predicted molar refractivity (Wildman–Crippen MR) is 112 cm³/mol. The molecule has 0 atom stereocenters. The number of halogens is 4. The Kier molecular flexibility index (Phi) is 11.6. The average Bonchev–Trinajstić information content (AvgIpc) is 2.53. The Labute approximate surface area is 181 Å². The molecule has 1 amide bonds. The van der Waals surface area contributed by atoms with E-state index in [9.17, 15) is 26.4 Å². The van der Waals surface area contributed by atoms with Crippen molar-refractivity contribution in [3.8, 4) is 0 Å². The lowest BCUT2D eigenvalue weighted by atomic mass is 10.1. The van der Waals surface area contributed by atoms with Crippen molar-refractivity contribution in [3.05, 3.63) is 0 Å². The highest BCUT2D eigenvalue weighted by Gasteiger charge is 2.50. The van der Waals surface area contributed by atoms with Gasteiger partial charge in [0.15, 0.2) is 5.96 Å². The zero-order chi connectivity index (χ0) is 20.7. The molecular formula is C15H29F3IN5O3S. The highest BCUT2D eigenvalue weighted by molar-refractivity contribution is 14.0. The summed E-state index contributed by atoms with van der Waals surface area (Å²) in [5, 5.41) is 8.85. The molecule has 1 fully saturated rings. The Morgan fingerprint density at radius 3 is 2.29 bits per heavy atom. The quantitative estimate of drug-likeness (QED) is 0.256. The number of piperidine rings is 1. The molecule has 3 N–H and O–H groups in total. The second kappa shape index (κ2) is 12.0. The predicted octanol–water partition coefficient (Wildman–Crippen LogP) is 1.39. The lowest BCUT2D eigenvalue weighted by Gasteiger charge is -2.32. The third kappa shape index (κ3) is 8.68. The molecule has 13 heteroatoms. The first-order chi connectivity index (χ1) is 12.5. The van der Waals surface area contributed by atoms with Gasteiger partial charge in [0.25, 0.3) is 0 Å². The molecule has 0 unspecified atom stereocenters. The van der Waals surface area contributed by atoms with Crippen molar-refractivity contribution in [1.29, 1.82) is 0 Å². The van der Waals surface area contributed by atoms with E-state index in [4.69, 9.17) is 0 Å². The van der Waals surface area contributed by atoms with E-state index in [0.717, 1.165) is 0 Å². The van der Waals surface area contributed by atoms with Crippen LogP contribution in [0.25, 0.3) is 0 Å². The number of nitrogens with one attached hydrogen (secondary N) is 3. The number of aliphatic imine (C=N–C) groups is 1. The fraction of sp³-hybridized carbons (Fsp3) is 0.867. The minimum Gasteiger partial charge on any atom is -0.357 e. The van der Waals surface area contributed by atoms with Gasteiger partial charge in [-0.3, -0.25) is 9.79 Å². The Bertz CT molecular complexity index is 621. The first-order valence-corrected chi connectivity index (χ1v) is 10.3. The Balaban J connectivity index is 0.00000729. The highest BCUT2D eigenvalue weighted by atomic mass is 127. The van der Waals surface area contributed by atoms with E-state index < -0.39 is 15.5 Å². The molecule has 28 heavy (non-hydrogen) atoms. The lowest BCUT2D eigenvalue weighted by Crippen LogP contribution is -2.51. The van der Waals surface area contributed by atoms with Crippen LogP contribution in [0.5, 0.6) is 0 Å². The minimum absolute atomic E-state index is 0. The molecule has 1 aliphatic heterocycles. The maximum absolute atomic E-state index is 12.6. The van der Waals surface area contributed by atoms with Crippen molar-refractivity contribution >= 4 is 45.9 Å². The zero-order valence-corrected chi connectivity index (χ0v) is 19.3. The third-order valence-electron chi connectivity index (χ3n) is 3.83. The van der Waals surface area contributed by atoms with Crippen LogP contribution in [-0.4, -0.2) is 68.4 Å². The highest BCUT2D eigenvalue weighted by Crippen LogP contribution is 2.28. The van der Waals surface area contributed by atoms with Crippen molar-refractivity contribution in [2.75, 3.05) is 26.2 Å². The SMILES string of the molecule is CCNC(=NCCC(=O)NC(C)C)NC1CCN(S(=O)(=O)C(F)(F)F)CC1.I. The van der Waals surface area contributed by atoms with Crippen molar-refractivity contribution in [1.82, 2.24) is 20.3 Å². The Hall–Kier alpha value is -0.830. The molecule has 0 spiro atoms. The van der Waals surface area contributed by atoms with Crippen molar-refractivity contribution in [2.24, 2.45) is 4.99 Å². The molecule has 166 valence electrons. The molecule has 0 aromatic carbocycles. The lowest BCUT2D eigenvalue weighted by molar-refractivity contribution is -0.121. The van der Waals surface area contributed by atoms with E-state index in [-0.39, 0.29) is 80.9 Å². The van der Waals surface area contributed by atoms with Gasteiger partial charge in [-0.05, 0) is 33.6 Å². The number of nitrogens with zero attached hydrogens (tertiary/aromatic N) is 2. The van der Waals surface area contributed by atoms with Crippen molar-refractivity contribution < 1.29 is 26.4 Å². The van der Waals surface area contributed by atoms with E-state index in [0.29, 0.717) is 16.8 Å². The number of hydrogen-bond acceptors (Lipinski definition) is 4. The van der Waals surface area contributed by atoms with Gasteiger partial charge in [0.05, 0.1) is 6.54 Å². The Morgan fingerprint density at radius 1 is 1.25 bits per heavy atom. The van der Waals surface area contributed by atoms with E-state index >= 15 is 0 Å². The van der Waals surface area contributed by atoms with Gasteiger partial charge in [0.1, 0.15) is 0 Å². The number of guanidine groups is 1. The van der Waals surface area contributed by atoms with Gasteiger partial charge in [0.2, 0.25) is 5.91 Å². The van der Waals surface area contributed by atoms with Crippen LogP contribution in [0, 0.1) is 0 Å². The molecule has 0 aromatic heterocycles. The van der Waals surface area contributed by atoms with Crippen molar-refractivity contribution in [2.45, 2.75) is 57.6 Å². The number of hydrogen-bond donors (Lipinski definition) is 3. The van der Waals surface area contributed by atoms with Gasteiger partial charge < -0.3 is 16.0 Å². The van der Waals surface area contributed by atoms with E-state index in [1.807, 2.05) is 20.8 Å². The number of carbonyl (C=O) groups excluding carboxylic acids is 1. The van der Waals surface area contributed by atoms with Crippen LogP contribution in [-0.2, 0) is 14.8 Å². The van der Waals surface area contributed by atoms with E-state index in [1.54, 1.807) is 0 Å². The molecule has 1 aliphatic rings. The Morgan fingerprint density at radius 2 is 1.82 bits per heavy atom. The molecule has 0 aromatic rings. The summed E-state index contributed by atoms with van der Waals surface area (Å²) in [6, 6.07) is -0.155. The van der Waals surface area contributed by atoms with Gasteiger partial charge >= 0.3 is 15.5 Å². The smallest absolute Gasteiger partial charge is 0.357 e. The molecule has 0 aliphatic carbocycles. The van der Waals surface area contributed by atoms with Crippen LogP contribution >= 0.6 is 24.0 Å². The topological polar surface area (TPSA) is 103 Å². The third-order valence-corrected chi connectivity index (χ3v) is 5.46. The van der Waals surface area contributed by atoms with Gasteiger partial charge in [-0.15, -0.1) is 24.0 Å². The molecule has 0 saturated carbocycles. The monoisotopic (exact) mass is 543 g/mol. The average molecular weight is 543 g/mol. The summed E-state index contributed by atoms with van der Waals surface area (Å²) < 4.78 is 61.1. The maximum atomic E-state index is 12.6. The molecular weight excluding hydrogens is 514 g/mol. The summed E-state index contributed by atoms with van der Waals surface area (Å²) in [6.07, 6.45) is 0.679. The summed E-state index contributed by atoms with van der Waals surface area (Å²) in [7, 11) is -5.28. The molecule has 0 bridgehead atoms. The summed E-state index contributed by atoms with van der Waals surface area (Å²) >= 11 is 0. The van der Waals surface area contributed by atoms with Crippen LogP contribution in [0.3, 0.4) is 0 Å². The van der Waals surface area contributed by atoms with Crippen molar-refractivity contribution in [3.63, 3.8) is 0 Å². The first-order valence-electron chi connectivity index (χ1n) is 8.88. The second-order valence-electron chi connectivity index (χ2n) is 6.50. The minimum atomic E-state index is -5.28. The molecule has 1 saturated heterocycles. The van der Waals surface area contributed by atoms with E-state index in [2.05, 4.69) is 20.9 Å². The van der Waals surface area contributed by atoms with Crippen LogP contribution in [0.15, 0.2) is 4.99 Å². The molecule has 1 heterocycles. The molecule has 8 nitrogen and oxygen atoms in total. The van der Waals surface area contributed by atoms with Crippen LogP contribution in [0.4, 0.5) is 13.2 Å². The number of sulfonamides is 1. The standard InChI is InChI=1S/C15H28F3N5O3S.HI/c1-4-19-14(20-8-5-13(24)21-11(2)3)22-12-6-9-23(10-7-12)27(25,26)15(16,17)18;/h11-12H,4-10H2,1-3H3,(H,21,24)(H2,19,20,22);1H. The molecule has 1 rings (SSSR count). The number of rotatable bonds is 7. The summed E-state index contributed by atoms with van der Waals surface area (Å²) in [4.78, 5) is 15.9. The van der Waals surface area contributed by atoms with Crippen LogP contribution in [0.2, 0.25) is 0 Å². The van der Waals surface area contributed by atoms with Crippen LogP contribution in [0.1, 0.15) is 40.0 Å². The fourth-order valence-electron chi connectivity index (χ4n) is 2.56. The number of alkyl halides is 3. The number of carbonyl (C=O) groups is 1. The second-order valence-corrected chi connectivity index (χ2v) is 8.43. The summed E-state index contributed by atoms with van der Waals surface area (Å²) in [5.74, 6) is 0.335. The van der Waals surface area contributed by atoms with Gasteiger partial charge in [0, 0.05) is 38.1 Å². The van der Waals surface area contributed by atoms with Gasteiger partial charge in [-0.25, -0.2) is 8.42 Å². The first kappa shape index (κ1) is 27.2. The largest absolute Gasteiger partial charge is 0.511 e. The number of amides is 1. The fourth-order valence-corrected chi connectivity index (χ4v) is 3.55. The maximum Gasteiger partial charge on any atom is 0.511 e.